The average Bonchev–Trinajstić information content (AvgIpc) is 2.66. The number of fused-ring (bicyclic) bond motifs is 1. The molecule has 1 fully saturated rings. The van der Waals surface area contributed by atoms with E-state index in [1.54, 1.807) is 17.3 Å². The van der Waals surface area contributed by atoms with Gasteiger partial charge in [0.25, 0.3) is 0 Å². The highest BCUT2D eigenvalue weighted by molar-refractivity contribution is 6.35. The van der Waals surface area contributed by atoms with E-state index >= 15 is 0 Å². The number of hydrogen-bond acceptors (Lipinski definition) is 4. The first-order valence-electron chi connectivity index (χ1n) is 8.72. The predicted molar refractivity (Wildman–Crippen MR) is 96.7 cm³/mol. The molecule has 2 aromatic rings. The van der Waals surface area contributed by atoms with E-state index < -0.39 is 11.8 Å². The average molecular weight is 340 g/mol. The van der Waals surface area contributed by atoms with Crippen LogP contribution in [0.3, 0.4) is 0 Å². The van der Waals surface area contributed by atoms with Crippen molar-refractivity contribution in [3.8, 4) is 0 Å². The van der Waals surface area contributed by atoms with E-state index in [4.69, 9.17) is 5.73 Å². The summed E-state index contributed by atoms with van der Waals surface area (Å²) in [7, 11) is 0. The van der Waals surface area contributed by atoms with Crippen LogP contribution in [0.1, 0.15) is 31.4 Å². The minimum Gasteiger partial charge on any atom is -0.341 e. The molecule has 2 amide bonds. The Kier molecular flexibility index (Phi) is 5.28. The van der Waals surface area contributed by atoms with Crippen LogP contribution in [0.5, 0.6) is 0 Å². The summed E-state index contributed by atoms with van der Waals surface area (Å²) >= 11 is 0. The number of aromatic nitrogens is 1. The SMILES string of the molecule is C[C@H](NC(=O)C(=O)N1CCCC(CN)C1)c1cccc2cnccc12. The minimum absolute atomic E-state index is 0.266. The lowest BCUT2D eigenvalue weighted by molar-refractivity contribution is -0.147. The molecule has 1 unspecified atom stereocenters. The molecule has 1 aliphatic rings. The standard InChI is InChI=1S/C19H24N4O2/c1-13(16-6-2-5-15-11-21-8-7-17(15)16)22-18(24)19(25)23-9-3-4-14(10-20)12-23/h2,5-8,11,13-14H,3-4,9-10,12,20H2,1H3,(H,22,24)/t13-,14?/m0/s1. The number of carbonyl (C=O) groups excluding carboxylic acids is 2. The molecule has 2 heterocycles. The molecular weight excluding hydrogens is 316 g/mol. The number of hydrogen-bond donors (Lipinski definition) is 2. The second-order valence-corrected chi connectivity index (χ2v) is 6.63. The molecule has 6 nitrogen and oxygen atoms in total. The Labute approximate surface area is 147 Å². The quantitative estimate of drug-likeness (QED) is 0.831. The number of carbonyl (C=O) groups is 2. The minimum atomic E-state index is -0.559. The van der Waals surface area contributed by atoms with Crippen molar-refractivity contribution in [1.29, 1.82) is 0 Å². The molecule has 0 radical (unpaired) electrons. The molecule has 2 atom stereocenters. The molecule has 3 N–H and O–H groups in total. The van der Waals surface area contributed by atoms with Gasteiger partial charge in [-0.15, -0.1) is 0 Å². The maximum Gasteiger partial charge on any atom is 0.311 e. The Balaban J connectivity index is 1.70. The molecule has 1 aromatic heterocycles. The van der Waals surface area contributed by atoms with Gasteiger partial charge in [-0.2, -0.15) is 0 Å². The number of nitrogens with two attached hydrogens (primary N) is 1. The van der Waals surface area contributed by atoms with Crippen molar-refractivity contribution in [1.82, 2.24) is 15.2 Å². The van der Waals surface area contributed by atoms with Crippen molar-refractivity contribution < 1.29 is 9.59 Å². The van der Waals surface area contributed by atoms with Gasteiger partial charge in [-0.3, -0.25) is 14.6 Å². The van der Waals surface area contributed by atoms with Crippen LogP contribution in [0, 0.1) is 5.92 Å². The summed E-state index contributed by atoms with van der Waals surface area (Å²) in [5.41, 5.74) is 6.68. The van der Waals surface area contributed by atoms with Crippen molar-refractivity contribution in [3.05, 3.63) is 42.2 Å². The third-order valence-corrected chi connectivity index (χ3v) is 4.86. The number of rotatable bonds is 3. The normalized spacial score (nSPS) is 18.8. The van der Waals surface area contributed by atoms with Crippen molar-refractivity contribution in [2.45, 2.75) is 25.8 Å². The summed E-state index contributed by atoms with van der Waals surface area (Å²) in [5, 5.41) is 4.87. The maximum absolute atomic E-state index is 12.5. The summed E-state index contributed by atoms with van der Waals surface area (Å²) < 4.78 is 0. The highest BCUT2D eigenvalue weighted by atomic mass is 16.2. The van der Waals surface area contributed by atoms with Gasteiger partial charge in [-0.05, 0) is 49.2 Å². The lowest BCUT2D eigenvalue weighted by Gasteiger charge is -2.31. The number of amides is 2. The molecule has 132 valence electrons. The highest BCUT2D eigenvalue weighted by Gasteiger charge is 2.28. The van der Waals surface area contributed by atoms with E-state index in [0.29, 0.717) is 19.6 Å². The number of pyridine rings is 1. The number of nitrogens with one attached hydrogen (secondary N) is 1. The van der Waals surface area contributed by atoms with Gasteiger partial charge in [0, 0.05) is 30.9 Å². The smallest absolute Gasteiger partial charge is 0.311 e. The fraction of sp³-hybridized carbons (Fsp3) is 0.421. The number of nitrogens with zero attached hydrogens (tertiary/aromatic N) is 2. The molecule has 0 saturated carbocycles. The third-order valence-electron chi connectivity index (χ3n) is 4.86. The van der Waals surface area contributed by atoms with E-state index in [9.17, 15) is 9.59 Å². The van der Waals surface area contributed by atoms with Gasteiger partial charge in [0.1, 0.15) is 0 Å². The fourth-order valence-electron chi connectivity index (χ4n) is 3.45. The van der Waals surface area contributed by atoms with Crippen LogP contribution in [0.15, 0.2) is 36.7 Å². The number of benzene rings is 1. The van der Waals surface area contributed by atoms with Crippen LogP contribution >= 0.6 is 0 Å². The zero-order valence-electron chi connectivity index (χ0n) is 14.4. The molecule has 25 heavy (non-hydrogen) atoms. The highest BCUT2D eigenvalue weighted by Crippen LogP contribution is 2.23. The molecule has 6 heteroatoms. The second-order valence-electron chi connectivity index (χ2n) is 6.63. The molecule has 1 saturated heterocycles. The van der Waals surface area contributed by atoms with Crippen LogP contribution in [-0.2, 0) is 9.59 Å². The van der Waals surface area contributed by atoms with Crippen molar-refractivity contribution in [2.75, 3.05) is 19.6 Å². The van der Waals surface area contributed by atoms with Crippen LogP contribution in [-0.4, -0.2) is 41.3 Å². The van der Waals surface area contributed by atoms with Crippen molar-refractivity contribution in [3.63, 3.8) is 0 Å². The van der Waals surface area contributed by atoms with Crippen LogP contribution < -0.4 is 11.1 Å². The summed E-state index contributed by atoms with van der Waals surface area (Å²) in [4.78, 5) is 30.6. The molecule has 0 spiro atoms. The lowest BCUT2D eigenvalue weighted by Crippen LogP contribution is -2.48. The Morgan fingerprint density at radius 2 is 2.24 bits per heavy atom. The van der Waals surface area contributed by atoms with E-state index in [-0.39, 0.29) is 12.0 Å². The Bertz CT molecular complexity index is 772. The first-order valence-corrected chi connectivity index (χ1v) is 8.72. The van der Waals surface area contributed by atoms with E-state index in [2.05, 4.69) is 10.3 Å². The van der Waals surface area contributed by atoms with E-state index in [1.807, 2.05) is 31.2 Å². The molecule has 0 bridgehead atoms. The van der Waals surface area contributed by atoms with Gasteiger partial charge in [-0.1, -0.05) is 18.2 Å². The van der Waals surface area contributed by atoms with Crippen LogP contribution in [0.4, 0.5) is 0 Å². The summed E-state index contributed by atoms with van der Waals surface area (Å²) in [6, 6.07) is 7.53. The molecule has 0 aliphatic carbocycles. The van der Waals surface area contributed by atoms with Crippen LogP contribution in [0.25, 0.3) is 10.8 Å². The van der Waals surface area contributed by atoms with E-state index in [0.717, 1.165) is 29.2 Å². The zero-order valence-corrected chi connectivity index (χ0v) is 14.4. The largest absolute Gasteiger partial charge is 0.341 e. The van der Waals surface area contributed by atoms with Crippen molar-refractivity contribution in [2.24, 2.45) is 11.7 Å². The van der Waals surface area contributed by atoms with Gasteiger partial charge >= 0.3 is 11.8 Å². The Morgan fingerprint density at radius 1 is 1.40 bits per heavy atom. The fourth-order valence-corrected chi connectivity index (χ4v) is 3.45. The topological polar surface area (TPSA) is 88.3 Å². The monoisotopic (exact) mass is 340 g/mol. The summed E-state index contributed by atoms with van der Waals surface area (Å²) in [5.74, 6) is -0.739. The van der Waals surface area contributed by atoms with Gasteiger partial charge in [0.2, 0.25) is 0 Å². The van der Waals surface area contributed by atoms with Gasteiger partial charge in [-0.25, -0.2) is 0 Å². The zero-order chi connectivity index (χ0) is 17.8. The van der Waals surface area contributed by atoms with Gasteiger partial charge < -0.3 is 16.0 Å². The third kappa shape index (κ3) is 3.79. The first kappa shape index (κ1) is 17.4. The predicted octanol–water partition coefficient (Wildman–Crippen LogP) is 1.61. The molecule has 1 aromatic carbocycles. The van der Waals surface area contributed by atoms with Crippen molar-refractivity contribution >= 4 is 22.6 Å². The molecule has 1 aliphatic heterocycles. The summed E-state index contributed by atoms with van der Waals surface area (Å²) in [6.07, 6.45) is 5.43. The van der Waals surface area contributed by atoms with Gasteiger partial charge in [0.15, 0.2) is 0 Å². The maximum atomic E-state index is 12.5. The summed E-state index contributed by atoms with van der Waals surface area (Å²) in [6.45, 7) is 3.62. The van der Waals surface area contributed by atoms with Crippen LogP contribution in [0.2, 0.25) is 0 Å². The van der Waals surface area contributed by atoms with Gasteiger partial charge in [0.05, 0.1) is 6.04 Å². The number of piperidine rings is 1. The molecular formula is C19H24N4O2. The Hall–Kier alpha value is -2.47. The molecule has 3 rings (SSSR count). The second kappa shape index (κ2) is 7.61. The first-order chi connectivity index (χ1) is 12.1. The number of likely N-dealkylation sites (tertiary alicyclic amines) is 1. The Morgan fingerprint density at radius 3 is 3.04 bits per heavy atom. The van der Waals surface area contributed by atoms with E-state index in [1.165, 1.54) is 0 Å². The lowest BCUT2D eigenvalue weighted by atomic mass is 9.98.